The Morgan fingerprint density at radius 3 is 2.45 bits per heavy atom. The number of rotatable bonds is 2. The van der Waals surface area contributed by atoms with Gasteiger partial charge in [-0.2, -0.15) is 5.26 Å². The van der Waals surface area contributed by atoms with Gasteiger partial charge >= 0.3 is 0 Å². The quantitative estimate of drug-likeness (QED) is 0.284. The molecule has 0 saturated carbocycles. The molecule has 0 aliphatic carbocycles. The van der Waals surface area contributed by atoms with Crippen LogP contribution in [0.25, 0.3) is 0 Å². The van der Waals surface area contributed by atoms with Crippen LogP contribution in [0.1, 0.15) is 6.92 Å². The van der Waals surface area contributed by atoms with E-state index in [0.717, 1.165) is 0 Å². The van der Waals surface area contributed by atoms with Gasteiger partial charge in [0, 0.05) is 5.03 Å². The molecule has 0 atom stereocenters. The average molecular weight is 189 g/mol. The Morgan fingerprint density at radius 2 is 2.18 bits per heavy atom. The largest absolute Gasteiger partial charge is 0.252 e. The molecule has 0 unspecified atom stereocenters. The van der Waals surface area contributed by atoms with Gasteiger partial charge in [-0.05, 0) is 19.7 Å². The van der Waals surface area contributed by atoms with Crippen molar-refractivity contribution in [1.82, 2.24) is 0 Å². The maximum absolute atomic E-state index is 8.48. The van der Waals surface area contributed by atoms with E-state index in [4.69, 9.17) is 28.5 Å². The van der Waals surface area contributed by atoms with Crippen LogP contribution in [-0.2, 0) is 0 Å². The highest BCUT2D eigenvalue weighted by Crippen LogP contribution is 2.13. The van der Waals surface area contributed by atoms with Crippen molar-refractivity contribution < 1.29 is 0 Å². The molecule has 0 saturated heterocycles. The molecule has 0 N–H and O–H groups in total. The van der Waals surface area contributed by atoms with Gasteiger partial charge in [-0.15, -0.1) is 0 Å². The molecule has 0 amide bonds. The van der Waals surface area contributed by atoms with Crippen LogP contribution in [0, 0.1) is 11.3 Å². The number of nitrogens with zero attached hydrogens (tertiary/aromatic N) is 2. The lowest BCUT2D eigenvalue weighted by Gasteiger charge is -1.89. The SMILES string of the molecule is C=N/C(Cl)=C\C(C#N)=C(/C)Cl. The maximum Gasteiger partial charge on any atom is 0.129 e. The Hall–Kier alpha value is -0.780. The van der Waals surface area contributed by atoms with E-state index in [0.29, 0.717) is 10.6 Å². The van der Waals surface area contributed by atoms with E-state index in [1.165, 1.54) is 6.08 Å². The van der Waals surface area contributed by atoms with Gasteiger partial charge in [0.15, 0.2) is 0 Å². The molecule has 0 aromatic carbocycles. The minimum absolute atomic E-state index is 0.154. The zero-order valence-corrected chi connectivity index (χ0v) is 7.45. The van der Waals surface area contributed by atoms with Crippen LogP contribution in [0.2, 0.25) is 0 Å². The molecule has 0 aliphatic heterocycles. The lowest BCUT2D eigenvalue weighted by atomic mass is 10.3. The summed E-state index contributed by atoms with van der Waals surface area (Å²) < 4.78 is 0. The zero-order chi connectivity index (χ0) is 8.85. The van der Waals surface area contributed by atoms with Gasteiger partial charge in [-0.25, -0.2) is 0 Å². The van der Waals surface area contributed by atoms with Crippen LogP contribution >= 0.6 is 23.2 Å². The molecule has 0 spiro atoms. The summed E-state index contributed by atoms with van der Waals surface area (Å²) in [7, 11) is 0. The summed E-state index contributed by atoms with van der Waals surface area (Å²) in [5.74, 6) is 0. The predicted octanol–water partition coefficient (Wildman–Crippen LogP) is 2.80. The van der Waals surface area contributed by atoms with E-state index in [1.54, 1.807) is 6.92 Å². The molecular weight excluding hydrogens is 183 g/mol. The summed E-state index contributed by atoms with van der Waals surface area (Å²) in [6.07, 6.45) is 1.36. The predicted molar refractivity (Wildman–Crippen MR) is 47.7 cm³/mol. The maximum atomic E-state index is 8.48. The molecule has 2 nitrogen and oxygen atoms in total. The lowest BCUT2D eigenvalue weighted by molar-refractivity contribution is 1.44. The topological polar surface area (TPSA) is 36.1 Å². The van der Waals surface area contributed by atoms with E-state index >= 15 is 0 Å². The number of nitriles is 1. The third-order valence-corrected chi connectivity index (χ3v) is 1.34. The molecule has 4 heteroatoms. The second kappa shape index (κ2) is 4.95. The number of hydrogen-bond donors (Lipinski definition) is 0. The minimum atomic E-state index is 0.154. The van der Waals surface area contributed by atoms with Crippen LogP contribution in [0.4, 0.5) is 0 Å². The van der Waals surface area contributed by atoms with Crippen molar-refractivity contribution in [3.63, 3.8) is 0 Å². The molecule has 0 aliphatic rings. The van der Waals surface area contributed by atoms with Crippen LogP contribution < -0.4 is 0 Å². The second-order valence-corrected chi connectivity index (χ2v) is 2.64. The van der Waals surface area contributed by atoms with E-state index in [1.807, 2.05) is 6.07 Å². The fourth-order valence-corrected chi connectivity index (χ4v) is 0.579. The second-order valence-electron chi connectivity index (χ2n) is 1.68. The molecule has 0 fully saturated rings. The van der Waals surface area contributed by atoms with Gasteiger partial charge in [0.2, 0.25) is 0 Å². The van der Waals surface area contributed by atoms with Crippen molar-refractivity contribution >= 4 is 29.9 Å². The highest BCUT2D eigenvalue weighted by Gasteiger charge is 1.96. The molecule has 11 heavy (non-hydrogen) atoms. The average Bonchev–Trinajstić information content (AvgIpc) is 1.99. The summed E-state index contributed by atoms with van der Waals surface area (Å²) in [6.45, 7) is 4.78. The summed E-state index contributed by atoms with van der Waals surface area (Å²) in [5, 5.41) is 9.02. The highest BCUT2D eigenvalue weighted by atomic mass is 35.5. The van der Waals surface area contributed by atoms with E-state index in [2.05, 4.69) is 11.7 Å². The summed E-state index contributed by atoms with van der Waals surface area (Å²) in [6, 6.07) is 1.87. The number of hydrogen-bond acceptors (Lipinski definition) is 2. The van der Waals surface area contributed by atoms with Crippen molar-refractivity contribution in [3.05, 3.63) is 21.8 Å². The normalized spacial score (nSPS) is 13.5. The number of aliphatic imine (C=N–C) groups is 1. The van der Waals surface area contributed by atoms with Crippen molar-refractivity contribution in [2.45, 2.75) is 6.92 Å². The fraction of sp³-hybridized carbons (Fsp3) is 0.143. The smallest absolute Gasteiger partial charge is 0.129 e. The van der Waals surface area contributed by atoms with Crippen molar-refractivity contribution in [3.8, 4) is 6.07 Å². The van der Waals surface area contributed by atoms with E-state index < -0.39 is 0 Å². The number of allylic oxidation sites excluding steroid dienone is 3. The molecular formula is C7H6Cl2N2. The molecule has 0 heterocycles. The van der Waals surface area contributed by atoms with Gasteiger partial charge in [-0.3, -0.25) is 4.99 Å². The van der Waals surface area contributed by atoms with Gasteiger partial charge in [0.05, 0.1) is 5.57 Å². The molecule has 58 valence electrons. The zero-order valence-electron chi connectivity index (χ0n) is 5.93. The van der Waals surface area contributed by atoms with Crippen molar-refractivity contribution in [2.24, 2.45) is 4.99 Å². The van der Waals surface area contributed by atoms with Crippen LogP contribution in [-0.4, -0.2) is 6.72 Å². The van der Waals surface area contributed by atoms with Gasteiger partial charge in [0.1, 0.15) is 11.2 Å². The van der Waals surface area contributed by atoms with Crippen LogP contribution in [0.3, 0.4) is 0 Å². The molecule has 0 bridgehead atoms. The Balaban J connectivity index is 4.75. The number of halogens is 2. The molecule has 0 aromatic heterocycles. The van der Waals surface area contributed by atoms with Gasteiger partial charge in [-0.1, -0.05) is 23.2 Å². The lowest BCUT2D eigenvalue weighted by Crippen LogP contribution is -1.75. The summed E-state index contributed by atoms with van der Waals surface area (Å²) >= 11 is 11.0. The van der Waals surface area contributed by atoms with Crippen molar-refractivity contribution in [1.29, 1.82) is 5.26 Å². The third kappa shape index (κ3) is 3.82. The Labute approximate surface area is 75.4 Å². The first kappa shape index (κ1) is 10.2. The van der Waals surface area contributed by atoms with E-state index in [9.17, 15) is 0 Å². The van der Waals surface area contributed by atoms with Crippen molar-refractivity contribution in [2.75, 3.05) is 0 Å². The molecule has 0 radical (unpaired) electrons. The third-order valence-electron chi connectivity index (χ3n) is 0.906. The Kier molecular flexibility index (Phi) is 4.60. The first-order valence-corrected chi connectivity index (χ1v) is 3.47. The van der Waals surface area contributed by atoms with Gasteiger partial charge in [0.25, 0.3) is 0 Å². The first-order chi connectivity index (χ1) is 5.11. The highest BCUT2D eigenvalue weighted by molar-refractivity contribution is 6.31. The first-order valence-electron chi connectivity index (χ1n) is 2.72. The fourth-order valence-electron chi connectivity index (χ4n) is 0.373. The Morgan fingerprint density at radius 1 is 1.64 bits per heavy atom. The minimum Gasteiger partial charge on any atom is -0.252 e. The summed E-state index contributed by atoms with van der Waals surface area (Å²) in [4.78, 5) is 3.39. The van der Waals surface area contributed by atoms with Crippen LogP contribution in [0.15, 0.2) is 26.8 Å². The van der Waals surface area contributed by atoms with E-state index in [-0.39, 0.29) is 5.16 Å². The van der Waals surface area contributed by atoms with Crippen LogP contribution in [0.5, 0.6) is 0 Å². The van der Waals surface area contributed by atoms with Gasteiger partial charge < -0.3 is 0 Å². The molecule has 0 rings (SSSR count). The standard InChI is InChI=1S/C7H6Cl2N2/c1-5(8)6(4-10)3-7(9)11-2/h3H,2H2,1H3/b6-5-,7-3-. The monoisotopic (exact) mass is 188 g/mol. The summed E-state index contributed by atoms with van der Waals surface area (Å²) in [5.41, 5.74) is 0.295. The Bertz CT molecular complexity index is 254. The molecule has 0 aromatic rings.